The Kier molecular flexibility index (Phi) is 4.86. The predicted octanol–water partition coefficient (Wildman–Crippen LogP) is 1.53. The molecule has 0 aromatic carbocycles. The SMILES string of the molecule is CNC1CCN(C(=O)c2cc(Cl)cn2C)C1.Cl. The highest BCUT2D eigenvalue weighted by Gasteiger charge is 2.27. The maximum absolute atomic E-state index is 12.2. The molecule has 1 aliphatic rings. The van der Waals surface area contributed by atoms with E-state index < -0.39 is 0 Å². The van der Waals surface area contributed by atoms with Crippen molar-refractivity contribution in [1.29, 1.82) is 0 Å². The zero-order valence-electron chi connectivity index (χ0n) is 9.94. The molecule has 1 fully saturated rings. The zero-order chi connectivity index (χ0) is 11.7. The highest BCUT2D eigenvalue weighted by molar-refractivity contribution is 6.31. The van der Waals surface area contributed by atoms with Crippen molar-refractivity contribution >= 4 is 29.9 Å². The summed E-state index contributed by atoms with van der Waals surface area (Å²) in [4.78, 5) is 14.0. The number of rotatable bonds is 2. The van der Waals surface area contributed by atoms with Crippen molar-refractivity contribution in [3.63, 3.8) is 0 Å². The van der Waals surface area contributed by atoms with E-state index in [0.29, 0.717) is 16.8 Å². The molecule has 1 saturated heterocycles. The Bertz CT molecular complexity index is 405. The fraction of sp³-hybridized carbons (Fsp3) is 0.545. The Balaban J connectivity index is 0.00000144. The van der Waals surface area contributed by atoms with E-state index in [0.717, 1.165) is 19.5 Å². The highest BCUT2D eigenvalue weighted by Crippen LogP contribution is 2.17. The van der Waals surface area contributed by atoms with Crippen molar-refractivity contribution in [2.75, 3.05) is 20.1 Å². The Labute approximate surface area is 112 Å². The van der Waals surface area contributed by atoms with Gasteiger partial charge in [0, 0.05) is 32.4 Å². The van der Waals surface area contributed by atoms with Gasteiger partial charge in [-0.25, -0.2) is 0 Å². The van der Waals surface area contributed by atoms with Gasteiger partial charge in [-0.3, -0.25) is 4.79 Å². The second-order valence-electron chi connectivity index (χ2n) is 4.18. The van der Waals surface area contributed by atoms with Crippen LogP contribution < -0.4 is 5.32 Å². The summed E-state index contributed by atoms with van der Waals surface area (Å²) in [5.74, 6) is 0.0622. The molecule has 1 N–H and O–H groups in total. The third-order valence-electron chi connectivity index (χ3n) is 3.07. The number of carbonyl (C=O) groups excluding carboxylic acids is 1. The summed E-state index contributed by atoms with van der Waals surface area (Å²) in [7, 11) is 3.77. The highest BCUT2D eigenvalue weighted by atomic mass is 35.5. The fourth-order valence-electron chi connectivity index (χ4n) is 2.08. The molecular formula is C11H17Cl2N3O. The fourth-order valence-corrected chi connectivity index (χ4v) is 2.33. The van der Waals surface area contributed by atoms with Crippen molar-refractivity contribution in [3.8, 4) is 0 Å². The number of aromatic nitrogens is 1. The van der Waals surface area contributed by atoms with Crippen molar-refractivity contribution in [2.24, 2.45) is 7.05 Å². The summed E-state index contributed by atoms with van der Waals surface area (Å²) < 4.78 is 1.78. The number of likely N-dealkylation sites (tertiary alicyclic amines) is 1. The largest absolute Gasteiger partial charge is 0.345 e. The molecule has 1 unspecified atom stereocenters. The van der Waals surface area contributed by atoms with Crippen LogP contribution in [-0.4, -0.2) is 41.6 Å². The van der Waals surface area contributed by atoms with Gasteiger partial charge in [0.15, 0.2) is 0 Å². The van der Waals surface area contributed by atoms with E-state index in [1.54, 1.807) is 16.8 Å². The molecule has 0 aliphatic carbocycles. The summed E-state index contributed by atoms with van der Waals surface area (Å²) in [5.41, 5.74) is 0.654. The molecule has 2 heterocycles. The summed E-state index contributed by atoms with van der Waals surface area (Å²) in [6, 6.07) is 2.14. The maximum Gasteiger partial charge on any atom is 0.270 e. The van der Waals surface area contributed by atoms with E-state index in [9.17, 15) is 4.79 Å². The minimum Gasteiger partial charge on any atom is -0.345 e. The van der Waals surface area contributed by atoms with Crippen molar-refractivity contribution in [2.45, 2.75) is 12.5 Å². The monoisotopic (exact) mass is 277 g/mol. The second-order valence-corrected chi connectivity index (χ2v) is 4.62. The number of halogens is 2. The summed E-state index contributed by atoms with van der Waals surface area (Å²) in [6.45, 7) is 1.59. The molecule has 17 heavy (non-hydrogen) atoms. The molecule has 1 aliphatic heterocycles. The number of nitrogens with zero attached hydrogens (tertiary/aromatic N) is 2. The number of hydrogen-bond acceptors (Lipinski definition) is 2. The van der Waals surface area contributed by atoms with Gasteiger partial charge in [-0.1, -0.05) is 11.6 Å². The first-order valence-corrected chi connectivity index (χ1v) is 5.78. The molecule has 1 aromatic rings. The van der Waals surface area contributed by atoms with Crippen LogP contribution in [0.5, 0.6) is 0 Å². The Morgan fingerprint density at radius 3 is 2.76 bits per heavy atom. The van der Waals surface area contributed by atoms with E-state index in [4.69, 9.17) is 11.6 Å². The van der Waals surface area contributed by atoms with Gasteiger partial charge in [0.2, 0.25) is 0 Å². The molecular weight excluding hydrogens is 261 g/mol. The number of aryl methyl sites for hydroxylation is 1. The molecule has 6 heteroatoms. The number of amides is 1. The molecule has 0 saturated carbocycles. The topological polar surface area (TPSA) is 37.3 Å². The van der Waals surface area contributed by atoms with Gasteiger partial charge >= 0.3 is 0 Å². The maximum atomic E-state index is 12.2. The number of likely N-dealkylation sites (N-methyl/N-ethyl adjacent to an activating group) is 1. The summed E-state index contributed by atoms with van der Waals surface area (Å²) >= 11 is 5.87. The molecule has 0 bridgehead atoms. The molecule has 0 radical (unpaired) electrons. The second kappa shape index (κ2) is 5.76. The number of nitrogens with one attached hydrogen (secondary N) is 1. The predicted molar refractivity (Wildman–Crippen MR) is 71.0 cm³/mol. The third-order valence-corrected chi connectivity index (χ3v) is 3.28. The third kappa shape index (κ3) is 2.94. The first-order valence-electron chi connectivity index (χ1n) is 5.40. The normalized spacial score (nSPS) is 19.2. The van der Waals surface area contributed by atoms with Gasteiger partial charge in [-0.15, -0.1) is 12.4 Å². The van der Waals surface area contributed by atoms with E-state index in [1.165, 1.54) is 0 Å². The number of carbonyl (C=O) groups is 1. The molecule has 1 aromatic heterocycles. The van der Waals surface area contributed by atoms with Crippen LogP contribution in [0.4, 0.5) is 0 Å². The average Bonchev–Trinajstić information content (AvgIpc) is 2.84. The van der Waals surface area contributed by atoms with Gasteiger partial charge in [-0.05, 0) is 19.5 Å². The Morgan fingerprint density at radius 1 is 1.59 bits per heavy atom. The number of hydrogen-bond donors (Lipinski definition) is 1. The first kappa shape index (κ1) is 14.4. The quantitative estimate of drug-likeness (QED) is 0.891. The minimum atomic E-state index is 0. The van der Waals surface area contributed by atoms with E-state index >= 15 is 0 Å². The van der Waals surface area contributed by atoms with E-state index in [2.05, 4.69) is 5.32 Å². The standard InChI is InChI=1S/C11H16ClN3O.ClH/c1-13-9-3-4-15(7-9)11(16)10-5-8(12)6-14(10)2;/h5-6,9,13H,3-4,7H2,1-2H3;1H. The van der Waals surface area contributed by atoms with Crippen LogP contribution in [0.3, 0.4) is 0 Å². The van der Waals surface area contributed by atoms with E-state index in [-0.39, 0.29) is 18.3 Å². The van der Waals surface area contributed by atoms with Crippen LogP contribution in [0, 0.1) is 0 Å². The van der Waals surface area contributed by atoms with Crippen LogP contribution in [0.25, 0.3) is 0 Å². The average molecular weight is 278 g/mol. The summed E-state index contributed by atoms with van der Waals surface area (Å²) in [5, 5.41) is 3.80. The van der Waals surface area contributed by atoms with Crippen LogP contribution in [0.1, 0.15) is 16.9 Å². The van der Waals surface area contributed by atoms with Crippen molar-refractivity contribution in [1.82, 2.24) is 14.8 Å². The van der Waals surface area contributed by atoms with Gasteiger partial charge in [0.05, 0.1) is 5.02 Å². The van der Waals surface area contributed by atoms with Crippen molar-refractivity contribution in [3.05, 3.63) is 23.0 Å². The molecule has 1 atom stereocenters. The van der Waals surface area contributed by atoms with Gasteiger partial charge in [0.25, 0.3) is 5.91 Å². The summed E-state index contributed by atoms with van der Waals surface area (Å²) in [6.07, 6.45) is 2.76. The smallest absolute Gasteiger partial charge is 0.270 e. The lowest BCUT2D eigenvalue weighted by Crippen LogP contribution is -2.34. The van der Waals surface area contributed by atoms with Crippen LogP contribution in [-0.2, 0) is 7.05 Å². The minimum absolute atomic E-state index is 0. The Morgan fingerprint density at radius 2 is 2.29 bits per heavy atom. The lowest BCUT2D eigenvalue weighted by molar-refractivity contribution is 0.0780. The molecule has 96 valence electrons. The van der Waals surface area contributed by atoms with Crippen molar-refractivity contribution < 1.29 is 4.79 Å². The van der Waals surface area contributed by atoms with Crippen LogP contribution in [0.2, 0.25) is 5.02 Å². The van der Waals surface area contributed by atoms with Gasteiger partial charge in [-0.2, -0.15) is 0 Å². The van der Waals surface area contributed by atoms with Gasteiger partial charge < -0.3 is 14.8 Å². The molecule has 2 rings (SSSR count). The first-order chi connectivity index (χ1) is 7.61. The molecule has 1 amide bonds. The molecule has 4 nitrogen and oxygen atoms in total. The zero-order valence-corrected chi connectivity index (χ0v) is 11.5. The van der Waals surface area contributed by atoms with Gasteiger partial charge in [0.1, 0.15) is 5.69 Å². The Hall–Kier alpha value is -0.710. The van der Waals surface area contributed by atoms with Crippen LogP contribution >= 0.6 is 24.0 Å². The van der Waals surface area contributed by atoms with Crippen LogP contribution in [0.15, 0.2) is 12.3 Å². The lowest BCUT2D eigenvalue weighted by Gasteiger charge is -2.16. The lowest BCUT2D eigenvalue weighted by atomic mass is 10.3. The molecule has 0 spiro atoms. The van der Waals surface area contributed by atoms with E-state index in [1.807, 2.05) is 19.0 Å².